The summed E-state index contributed by atoms with van der Waals surface area (Å²) in [6, 6.07) is 9.53. The topological polar surface area (TPSA) is 102 Å². The number of hydrogen-bond donors (Lipinski definition) is 2. The minimum absolute atomic E-state index is 0.437. The van der Waals surface area contributed by atoms with Crippen LogP contribution < -0.4 is 16.0 Å². The van der Waals surface area contributed by atoms with E-state index in [2.05, 4.69) is 33.8 Å². The van der Waals surface area contributed by atoms with E-state index in [1.165, 1.54) is 4.88 Å². The molecule has 3 N–H and O–H groups in total. The van der Waals surface area contributed by atoms with Crippen LogP contribution in [0.1, 0.15) is 27.3 Å². The van der Waals surface area contributed by atoms with Crippen LogP contribution in [0.4, 0.5) is 11.5 Å². The number of amides is 1. The largest absolute Gasteiger partial charge is 0.370 e. The highest BCUT2D eigenvalue weighted by Crippen LogP contribution is 2.33. The van der Waals surface area contributed by atoms with Gasteiger partial charge in [-0.2, -0.15) is 14.8 Å². The number of fused-ring (bicyclic) bond motifs is 2. The number of thiophene rings is 1. The van der Waals surface area contributed by atoms with Gasteiger partial charge < -0.3 is 16.0 Å². The molecule has 9 heteroatoms. The Balaban J connectivity index is 1.62. The van der Waals surface area contributed by atoms with E-state index in [0.29, 0.717) is 23.4 Å². The van der Waals surface area contributed by atoms with E-state index in [1.54, 1.807) is 34.3 Å². The minimum atomic E-state index is -0.480. The lowest BCUT2D eigenvalue weighted by molar-refractivity contribution is 0.100. The molecule has 0 bridgehead atoms. The number of primary amides is 1. The van der Waals surface area contributed by atoms with Gasteiger partial charge in [0.1, 0.15) is 5.69 Å². The van der Waals surface area contributed by atoms with Crippen molar-refractivity contribution in [2.45, 2.75) is 19.4 Å². The summed E-state index contributed by atoms with van der Waals surface area (Å²) in [6.07, 6.45) is 3.56. The lowest BCUT2D eigenvalue weighted by atomic mass is 10.1. The Labute approximate surface area is 177 Å². The number of carbonyl (C=O) groups is 1. The van der Waals surface area contributed by atoms with Crippen LogP contribution in [0.2, 0.25) is 0 Å². The second-order valence-electron chi connectivity index (χ2n) is 7.28. The highest BCUT2D eigenvalue weighted by atomic mass is 32.1. The van der Waals surface area contributed by atoms with Crippen molar-refractivity contribution in [1.29, 1.82) is 0 Å². The van der Waals surface area contributed by atoms with E-state index in [4.69, 9.17) is 15.7 Å². The Hall–Kier alpha value is -3.46. The fourth-order valence-electron chi connectivity index (χ4n) is 3.89. The smallest absolute Gasteiger partial charge is 0.253 e. The van der Waals surface area contributed by atoms with E-state index in [-0.39, 0.29) is 0 Å². The van der Waals surface area contributed by atoms with Gasteiger partial charge in [0.2, 0.25) is 5.91 Å². The molecule has 4 heterocycles. The first-order chi connectivity index (χ1) is 14.6. The monoisotopic (exact) mass is 419 g/mol. The number of nitrogens with two attached hydrogens (primary N) is 1. The maximum absolute atomic E-state index is 11.8. The van der Waals surface area contributed by atoms with E-state index >= 15 is 0 Å². The van der Waals surface area contributed by atoms with Crippen molar-refractivity contribution in [1.82, 2.24) is 19.7 Å². The van der Waals surface area contributed by atoms with Gasteiger partial charge in [0, 0.05) is 23.9 Å². The van der Waals surface area contributed by atoms with Crippen molar-refractivity contribution < 1.29 is 4.79 Å². The zero-order valence-corrected chi connectivity index (χ0v) is 17.3. The van der Waals surface area contributed by atoms with E-state index in [0.717, 1.165) is 42.1 Å². The van der Waals surface area contributed by atoms with Crippen LogP contribution in [0.3, 0.4) is 0 Å². The molecule has 0 fully saturated rings. The molecule has 0 atom stereocenters. The number of nitrogens with one attached hydrogen (secondary N) is 1. The maximum atomic E-state index is 11.8. The molecule has 0 saturated heterocycles. The van der Waals surface area contributed by atoms with Crippen LogP contribution in [0, 0.1) is 0 Å². The van der Waals surface area contributed by atoms with Gasteiger partial charge in [0.25, 0.3) is 5.95 Å². The molecule has 1 aliphatic rings. The summed E-state index contributed by atoms with van der Waals surface area (Å²) in [6.45, 7) is 1.66. The van der Waals surface area contributed by atoms with Crippen LogP contribution in [-0.2, 0) is 13.0 Å². The van der Waals surface area contributed by atoms with Crippen LogP contribution in [0.5, 0.6) is 0 Å². The molecule has 0 aliphatic carbocycles. The Kier molecular flexibility index (Phi) is 4.59. The fraction of sp³-hybridized carbons (Fsp3) is 0.238. The van der Waals surface area contributed by atoms with Gasteiger partial charge >= 0.3 is 0 Å². The molecular weight excluding hydrogens is 398 g/mol. The molecule has 0 radical (unpaired) electrons. The van der Waals surface area contributed by atoms with Gasteiger partial charge in [-0.15, -0.1) is 11.3 Å². The summed E-state index contributed by atoms with van der Waals surface area (Å²) in [5.41, 5.74) is 8.74. The Morgan fingerprint density at radius 3 is 2.97 bits per heavy atom. The molecule has 30 heavy (non-hydrogen) atoms. The number of aryl methyl sites for hydroxylation is 1. The zero-order valence-electron chi connectivity index (χ0n) is 16.5. The number of nitrogens with zero attached hydrogens (tertiary/aromatic N) is 5. The van der Waals surface area contributed by atoms with Gasteiger partial charge in [-0.1, -0.05) is 12.1 Å². The summed E-state index contributed by atoms with van der Waals surface area (Å²) in [7, 11) is 2.07. The number of anilines is 2. The van der Waals surface area contributed by atoms with Crippen molar-refractivity contribution in [3.05, 3.63) is 58.0 Å². The average molecular weight is 420 g/mol. The Morgan fingerprint density at radius 2 is 2.17 bits per heavy atom. The molecular formula is C21H21N7OS. The summed E-state index contributed by atoms with van der Waals surface area (Å²) in [5, 5.41) is 10.7. The Bertz CT molecular complexity index is 1230. The lowest BCUT2D eigenvalue weighted by Gasteiger charge is -2.29. The van der Waals surface area contributed by atoms with E-state index in [9.17, 15) is 4.79 Å². The maximum Gasteiger partial charge on any atom is 0.253 e. The molecule has 152 valence electrons. The third-order valence-electron chi connectivity index (χ3n) is 5.31. The van der Waals surface area contributed by atoms with Gasteiger partial charge in [0.05, 0.1) is 29.5 Å². The van der Waals surface area contributed by atoms with Crippen molar-refractivity contribution in [3.8, 4) is 5.95 Å². The van der Waals surface area contributed by atoms with Crippen LogP contribution in [0.25, 0.3) is 16.9 Å². The molecule has 0 unspecified atom stereocenters. The number of carbonyl (C=O) groups excluding carboxylic acids is 1. The van der Waals surface area contributed by atoms with Gasteiger partial charge in [-0.3, -0.25) is 4.79 Å². The highest BCUT2D eigenvalue weighted by Gasteiger charge is 2.23. The minimum Gasteiger partial charge on any atom is -0.370 e. The van der Waals surface area contributed by atoms with Gasteiger partial charge in [0.15, 0.2) is 5.82 Å². The lowest BCUT2D eigenvalue weighted by Crippen LogP contribution is -2.28. The average Bonchev–Trinajstić information content (AvgIpc) is 3.41. The molecule has 4 aromatic rings. The molecule has 3 aromatic heterocycles. The highest BCUT2D eigenvalue weighted by molar-refractivity contribution is 7.09. The third kappa shape index (κ3) is 3.17. The van der Waals surface area contributed by atoms with E-state index in [1.807, 2.05) is 12.1 Å². The van der Waals surface area contributed by atoms with Crippen molar-refractivity contribution in [2.75, 3.05) is 23.8 Å². The molecule has 1 aromatic carbocycles. The first kappa shape index (κ1) is 18.6. The Morgan fingerprint density at radius 1 is 1.27 bits per heavy atom. The summed E-state index contributed by atoms with van der Waals surface area (Å²) in [5.74, 6) is 0.793. The predicted molar refractivity (Wildman–Crippen MR) is 118 cm³/mol. The predicted octanol–water partition coefficient (Wildman–Crippen LogP) is 2.97. The quantitative estimate of drug-likeness (QED) is 0.516. The van der Waals surface area contributed by atoms with Crippen LogP contribution >= 0.6 is 11.3 Å². The third-order valence-corrected chi connectivity index (χ3v) is 6.19. The summed E-state index contributed by atoms with van der Waals surface area (Å²) < 4.78 is 1.67. The van der Waals surface area contributed by atoms with Gasteiger partial charge in [-0.05, 0) is 36.4 Å². The zero-order chi connectivity index (χ0) is 20.7. The molecule has 1 aliphatic heterocycles. The fourth-order valence-corrected chi connectivity index (χ4v) is 4.53. The number of aromatic nitrogens is 4. The number of rotatable bonds is 5. The number of hydrogen-bond acceptors (Lipinski definition) is 7. The van der Waals surface area contributed by atoms with Crippen LogP contribution in [0.15, 0.2) is 41.9 Å². The second kappa shape index (κ2) is 7.42. The van der Waals surface area contributed by atoms with Crippen molar-refractivity contribution in [2.24, 2.45) is 5.73 Å². The van der Waals surface area contributed by atoms with Crippen molar-refractivity contribution >= 4 is 39.7 Å². The van der Waals surface area contributed by atoms with E-state index < -0.39 is 5.91 Å². The SMILES string of the molecule is CN1CCCc2nc(-n3ncc4c(C(N)=O)cccc43)nc(NCc3cccs3)c21. The molecule has 5 rings (SSSR count). The molecule has 1 amide bonds. The normalized spacial score (nSPS) is 13.4. The molecule has 0 saturated carbocycles. The first-order valence-corrected chi connectivity index (χ1v) is 10.6. The first-order valence-electron chi connectivity index (χ1n) is 9.77. The number of benzene rings is 1. The molecule has 0 spiro atoms. The van der Waals surface area contributed by atoms with Crippen molar-refractivity contribution in [3.63, 3.8) is 0 Å². The summed E-state index contributed by atoms with van der Waals surface area (Å²) in [4.78, 5) is 24.9. The van der Waals surface area contributed by atoms with Crippen LogP contribution in [-0.4, -0.2) is 39.2 Å². The summed E-state index contributed by atoms with van der Waals surface area (Å²) >= 11 is 1.71. The standard InChI is InChI=1S/C21H21N7OS/c1-27-9-3-7-16-18(27)20(23-11-13-5-4-10-30-13)26-21(25-16)28-17-8-2-6-14(19(22)29)15(17)12-24-28/h2,4-6,8,10,12H,3,7,9,11H2,1H3,(H2,22,29)(H,23,25,26). The molecule has 8 nitrogen and oxygen atoms in total. The van der Waals surface area contributed by atoms with Gasteiger partial charge in [-0.25, -0.2) is 4.98 Å². The second-order valence-corrected chi connectivity index (χ2v) is 8.32.